The van der Waals surface area contributed by atoms with E-state index in [1.54, 1.807) is 12.1 Å². The maximum Gasteiger partial charge on any atom is 0.244 e. The molecule has 0 unspecified atom stereocenters. The van der Waals surface area contributed by atoms with Gasteiger partial charge in [-0.1, -0.05) is 35.9 Å². The maximum atomic E-state index is 12.5. The summed E-state index contributed by atoms with van der Waals surface area (Å²) in [7, 11) is 1.26. The Labute approximate surface area is 161 Å². The molecule has 136 valence electrons. The molecule has 0 bridgehead atoms. The molecule has 8 heteroatoms. The summed E-state index contributed by atoms with van der Waals surface area (Å²) in [5, 5.41) is 2.16. The van der Waals surface area contributed by atoms with Crippen LogP contribution in [0.2, 0.25) is 5.02 Å². The first-order valence-electron chi connectivity index (χ1n) is 7.77. The predicted molar refractivity (Wildman–Crippen MR) is 106 cm³/mol. The van der Waals surface area contributed by atoms with E-state index in [2.05, 4.69) is 4.99 Å². The van der Waals surface area contributed by atoms with Crippen LogP contribution in [0, 0.1) is 0 Å². The minimum Gasteiger partial charge on any atom is -0.320 e. The minimum absolute atomic E-state index is 0.0921. The molecule has 0 aliphatic heterocycles. The van der Waals surface area contributed by atoms with Crippen LogP contribution in [0.15, 0.2) is 63.8 Å². The number of aromatic nitrogens is 1. The number of rotatable bonds is 4. The van der Waals surface area contributed by atoms with Crippen molar-refractivity contribution in [2.24, 2.45) is 12.0 Å². The van der Waals surface area contributed by atoms with Gasteiger partial charge in [0.25, 0.3) is 0 Å². The van der Waals surface area contributed by atoms with Crippen LogP contribution in [0.1, 0.15) is 0 Å². The van der Waals surface area contributed by atoms with E-state index in [1.165, 1.54) is 25.4 Å². The number of hydrogen-bond acceptors (Lipinski definition) is 4. The maximum absolute atomic E-state index is 12.5. The third-order valence-corrected chi connectivity index (χ3v) is 7.10. The Bertz CT molecular complexity index is 1100. The first kappa shape index (κ1) is 18.8. The predicted octanol–water partition coefficient (Wildman–Crippen LogP) is 3.89. The summed E-state index contributed by atoms with van der Waals surface area (Å²) in [6, 6.07) is 14.7. The lowest BCUT2D eigenvalue weighted by Gasteiger charge is -2.14. The molecule has 1 heterocycles. The quantitative estimate of drug-likeness (QED) is 0.658. The van der Waals surface area contributed by atoms with Gasteiger partial charge in [0.15, 0.2) is 4.80 Å². The molecular weight excluding hydrogens is 390 g/mol. The van der Waals surface area contributed by atoms with Crippen LogP contribution in [-0.4, -0.2) is 31.4 Å². The molecule has 3 rings (SSSR count). The molecule has 2 aromatic carbocycles. The van der Waals surface area contributed by atoms with Crippen molar-refractivity contribution in [2.45, 2.75) is 4.90 Å². The Morgan fingerprint density at radius 1 is 1.12 bits per heavy atom. The summed E-state index contributed by atoms with van der Waals surface area (Å²) in [5.74, 6) is 0. The molecule has 0 spiro atoms. The molecule has 0 aliphatic rings. The summed E-state index contributed by atoms with van der Waals surface area (Å²) in [5.41, 5.74) is 2.50. The highest BCUT2D eigenvalue weighted by Gasteiger charge is 2.22. The number of nitrogens with zero attached hydrogens (tertiary/aromatic N) is 3. The van der Waals surface area contributed by atoms with Gasteiger partial charge < -0.3 is 4.57 Å². The summed E-state index contributed by atoms with van der Waals surface area (Å²) < 4.78 is 28.1. The van der Waals surface area contributed by atoms with Crippen molar-refractivity contribution in [1.82, 2.24) is 8.87 Å². The van der Waals surface area contributed by atoms with Crippen LogP contribution in [0.5, 0.6) is 0 Å². The second-order valence-corrected chi connectivity index (χ2v) is 9.21. The molecule has 0 aliphatic carbocycles. The summed E-state index contributed by atoms with van der Waals surface area (Å²) >= 11 is 7.63. The topological polar surface area (TPSA) is 54.7 Å². The zero-order valence-electron chi connectivity index (χ0n) is 14.5. The molecule has 0 atom stereocenters. The Kier molecular flexibility index (Phi) is 5.34. The van der Waals surface area contributed by atoms with Gasteiger partial charge in [-0.2, -0.15) is 0 Å². The van der Waals surface area contributed by atoms with E-state index >= 15 is 0 Å². The zero-order valence-corrected chi connectivity index (χ0v) is 16.9. The second-order valence-electron chi connectivity index (χ2n) is 5.84. The van der Waals surface area contributed by atoms with E-state index < -0.39 is 10.0 Å². The average molecular weight is 408 g/mol. The van der Waals surface area contributed by atoms with Gasteiger partial charge in [-0.25, -0.2) is 17.7 Å². The fourth-order valence-electron chi connectivity index (χ4n) is 2.40. The first-order chi connectivity index (χ1) is 12.3. The van der Waals surface area contributed by atoms with Crippen LogP contribution in [0.25, 0.3) is 11.3 Å². The fraction of sp³-hybridized carbons (Fsp3) is 0.167. The van der Waals surface area contributed by atoms with Crippen molar-refractivity contribution in [2.75, 3.05) is 14.1 Å². The third kappa shape index (κ3) is 3.61. The van der Waals surface area contributed by atoms with Gasteiger partial charge in [-0.3, -0.25) is 0 Å². The zero-order chi connectivity index (χ0) is 18.9. The summed E-state index contributed by atoms with van der Waals surface area (Å²) in [6.45, 7) is 0. The third-order valence-electron chi connectivity index (χ3n) is 3.89. The van der Waals surface area contributed by atoms with E-state index in [0.717, 1.165) is 26.1 Å². The van der Waals surface area contributed by atoms with Gasteiger partial charge in [0.1, 0.15) is 4.90 Å². The van der Waals surface area contributed by atoms with Crippen molar-refractivity contribution in [1.29, 1.82) is 0 Å². The normalized spacial score (nSPS) is 12.7. The van der Waals surface area contributed by atoms with Gasteiger partial charge in [-0.05, 0) is 24.3 Å². The smallest absolute Gasteiger partial charge is 0.244 e. The highest BCUT2D eigenvalue weighted by molar-refractivity contribution is 7.89. The van der Waals surface area contributed by atoms with Crippen LogP contribution in [-0.2, 0) is 17.1 Å². The van der Waals surface area contributed by atoms with Crippen LogP contribution < -0.4 is 4.80 Å². The Morgan fingerprint density at radius 2 is 1.81 bits per heavy atom. The number of para-hydroxylation sites is 1. The molecule has 0 fully saturated rings. The lowest BCUT2D eigenvalue weighted by atomic mass is 10.2. The van der Waals surface area contributed by atoms with Gasteiger partial charge >= 0.3 is 0 Å². The Balaban J connectivity index is 2.11. The SMILES string of the molecule is CN(C)S(=O)(=O)c1cc(-c2cs/c(=N/c3ccccc3)n2C)ccc1Cl. The number of sulfonamides is 1. The van der Waals surface area contributed by atoms with Crippen LogP contribution >= 0.6 is 22.9 Å². The molecule has 0 N–H and O–H groups in total. The highest BCUT2D eigenvalue weighted by Crippen LogP contribution is 2.29. The number of hydrogen-bond donors (Lipinski definition) is 0. The van der Waals surface area contributed by atoms with E-state index in [1.807, 2.05) is 53.4 Å². The van der Waals surface area contributed by atoms with Crippen molar-refractivity contribution in [3.8, 4) is 11.3 Å². The molecule has 0 saturated heterocycles. The molecule has 1 aromatic heterocycles. The molecule has 0 amide bonds. The largest absolute Gasteiger partial charge is 0.320 e. The molecule has 0 saturated carbocycles. The molecular formula is C18H18ClN3O2S2. The summed E-state index contributed by atoms with van der Waals surface area (Å²) in [6.07, 6.45) is 0. The van der Waals surface area contributed by atoms with E-state index in [4.69, 9.17) is 11.6 Å². The van der Waals surface area contributed by atoms with E-state index in [0.29, 0.717) is 0 Å². The van der Waals surface area contributed by atoms with Gasteiger partial charge in [0.2, 0.25) is 10.0 Å². The monoisotopic (exact) mass is 407 g/mol. The number of benzene rings is 2. The van der Waals surface area contributed by atoms with Gasteiger partial charge in [0.05, 0.1) is 16.4 Å². The fourth-order valence-corrected chi connectivity index (χ4v) is 4.72. The standard InChI is InChI=1S/C18H18ClN3O2S2/c1-21(2)26(23,24)17-11-13(9-10-15(17)19)16-12-25-18(22(16)3)20-14-7-5-4-6-8-14/h4-12H,1-3H3/b20-18+. The molecule has 3 aromatic rings. The lowest BCUT2D eigenvalue weighted by Crippen LogP contribution is -2.22. The van der Waals surface area contributed by atoms with Crippen molar-refractivity contribution < 1.29 is 8.42 Å². The Hall–Kier alpha value is -1.93. The van der Waals surface area contributed by atoms with Crippen molar-refractivity contribution in [3.63, 3.8) is 0 Å². The van der Waals surface area contributed by atoms with Gasteiger partial charge in [0, 0.05) is 32.1 Å². The highest BCUT2D eigenvalue weighted by atomic mass is 35.5. The van der Waals surface area contributed by atoms with Crippen molar-refractivity contribution in [3.05, 3.63) is 63.7 Å². The van der Waals surface area contributed by atoms with Gasteiger partial charge in [-0.15, -0.1) is 11.3 Å². The summed E-state index contributed by atoms with van der Waals surface area (Å²) in [4.78, 5) is 5.54. The average Bonchev–Trinajstić information content (AvgIpc) is 2.97. The van der Waals surface area contributed by atoms with E-state index in [9.17, 15) is 8.42 Å². The molecule has 5 nitrogen and oxygen atoms in total. The number of thiazole rings is 1. The van der Waals surface area contributed by atoms with Crippen LogP contribution in [0.3, 0.4) is 0 Å². The lowest BCUT2D eigenvalue weighted by molar-refractivity contribution is 0.521. The van der Waals surface area contributed by atoms with E-state index in [-0.39, 0.29) is 9.92 Å². The first-order valence-corrected chi connectivity index (χ1v) is 10.5. The second kappa shape index (κ2) is 7.36. The number of halogens is 1. The van der Waals surface area contributed by atoms with Crippen molar-refractivity contribution >= 4 is 38.6 Å². The minimum atomic E-state index is -3.62. The molecule has 26 heavy (non-hydrogen) atoms. The Morgan fingerprint density at radius 3 is 2.46 bits per heavy atom. The van der Waals surface area contributed by atoms with Crippen LogP contribution in [0.4, 0.5) is 5.69 Å². The molecule has 0 radical (unpaired) electrons.